The van der Waals surface area contributed by atoms with Crippen LogP contribution in [0.15, 0.2) is 23.6 Å². The van der Waals surface area contributed by atoms with E-state index in [2.05, 4.69) is 0 Å². The molecule has 0 amide bonds. The number of nitrogens with zero attached hydrogens (tertiary/aromatic N) is 1. The van der Waals surface area contributed by atoms with Crippen LogP contribution >= 0.6 is 0 Å². The van der Waals surface area contributed by atoms with Crippen molar-refractivity contribution >= 4 is 7.41 Å². The zero-order valence-electron chi connectivity index (χ0n) is 4.91. The highest BCUT2D eigenvalue weighted by atomic mass is 15.3. The predicted molar refractivity (Wildman–Crippen MR) is 36.3 cm³/mol. The fourth-order valence-corrected chi connectivity index (χ4v) is 0.649. The second kappa shape index (κ2) is 2.02. The van der Waals surface area contributed by atoms with Gasteiger partial charge in [-0.1, -0.05) is 0 Å². The van der Waals surface area contributed by atoms with Crippen molar-refractivity contribution in [1.29, 1.82) is 0 Å². The lowest BCUT2D eigenvalue weighted by Crippen LogP contribution is -2.36. The van der Waals surface area contributed by atoms with Gasteiger partial charge < -0.3 is 16.4 Å². The molecule has 9 heavy (non-hydrogen) atoms. The third-order valence-corrected chi connectivity index (χ3v) is 0.930. The van der Waals surface area contributed by atoms with E-state index < -0.39 is 0 Å². The molecule has 47 valence electrons. The number of rotatable bonds is 0. The van der Waals surface area contributed by atoms with E-state index in [-0.39, 0.29) is 0 Å². The van der Waals surface area contributed by atoms with Crippen molar-refractivity contribution in [1.82, 2.24) is 4.92 Å². The summed E-state index contributed by atoms with van der Waals surface area (Å²) in [4.78, 5) is 1.32. The molecule has 0 aromatic heterocycles. The standard InChI is InChI=1S/C4H8BN4/c6-3-1-4(7)5-9(8)2-3/h1-2H,6-8H2. The van der Waals surface area contributed by atoms with Gasteiger partial charge in [-0.05, 0) is 11.7 Å². The van der Waals surface area contributed by atoms with Crippen molar-refractivity contribution in [2.24, 2.45) is 17.3 Å². The summed E-state index contributed by atoms with van der Waals surface area (Å²) in [6.45, 7) is 0. The minimum atomic E-state index is 0.567. The fourth-order valence-electron chi connectivity index (χ4n) is 0.649. The molecule has 0 atom stereocenters. The lowest BCUT2D eigenvalue weighted by atomic mass is 9.85. The van der Waals surface area contributed by atoms with Gasteiger partial charge in [-0.3, -0.25) is 5.84 Å². The fraction of sp³-hybridized carbons (Fsp3) is 0. The second-order valence-electron chi connectivity index (χ2n) is 1.85. The first-order valence-electron chi connectivity index (χ1n) is 2.51. The summed E-state index contributed by atoms with van der Waals surface area (Å²) in [6.07, 6.45) is 3.22. The highest BCUT2D eigenvalue weighted by molar-refractivity contribution is 6.42. The summed E-state index contributed by atoms with van der Waals surface area (Å²) in [5.74, 6) is 5.32. The molecule has 1 heterocycles. The van der Waals surface area contributed by atoms with Crippen LogP contribution < -0.4 is 17.3 Å². The maximum Gasteiger partial charge on any atom is 0.324 e. The molecule has 6 N–H and O–H groups in total. The van der Waals surface area contributed by atoms with Crippen LogP contribution in [0.25, 0.3) is 0 Å². The minimum absolute atomic E-state index is 0.567. The number of allylic oxidation sites excluding steroid dienone is 1. The first-order chi connectivity index (χ1) is 4.18. The largest absolute Gasteiger partial charge is 0.408 e. The maximum absolute atomic E-state index is 5.38. The van der Waals surface area contributed by atoms with E-state index in [9.17, 15) is 0 Å². The first-order valence-corrected chi connectivity index (χ1v) is 2.51. The molecule has 0 aromatic carbocycles. The average molecular weight is 123 g/mol. The van der Waals surface area contributed by atoms with E-state index in [1.54, 1.807) is 19.7 Å². The molecule has 1 aliphatic heterocycles. The molecule has 0 bridgehead atoms. The summed E-state index contributed by atoms with van der Waals surface area (Å²) in [7, 11) is 1.58. The van der Waals surface area contributed by atoms with Gasteiger partial charge in [0.15, 0.2) is 0 Å². The minimum Gasteiger partial charge on any atom is -0.408 e. The highest BCUT2D eigenvalue weighted by Gasteiger charge is 2.05. The molecular formula is C4H8BN4. The molecule has 1 rings (SSSR count). The Bertz CT molecular complexity index is 173. The van der Waals surface area contributed by atoms with Crippen molar-refractivity contribution in [2.45, 2.75) is 0 Å². The normalized spacial score (nSPS) is 18.1. The Hall–Kier alpha value is -1.10. The Balaban J connectivity index is 2.74. The summed E-state index contributed by atoms with van der Waals surface area (Å²) in [6, 6.07) is 0. The van der Waals surface area contributed by atoms with Crippen molar-refractivity contribution < 1.29 is 0 Å². The van der Waals surface area contributed by atoms with Crippen LogP contribution in [0.5, 0.6) is 0 Å². The van der Waals surface area contributed by atoms with Crippen LogP contribution in [0, 0.1) is 0 Å². The molecule has 0 aliphatic carbocycles. The summed E-state index contributed by atoms with van der Waals surface area (Å²) < 4.78 is 0. The van der Waals surface area contributed by atoms with Gasteiger partial charge in [0.25, 0.3) is 0 Å². The lowest BCUT2D eigenvalue weighted by Gasteiger charge is -2.16. The van der Waals surface area contributed by atoms with Crippen molar-refractivity contribution in [3.8, 4) is 0 Å². The van der Waals surface area contributed by atoms with E-state index >= 15 is 0 Å². The molecule has 0 saturated heterocycles. The quantitative estimate of drug-likeness (QED) is 0.267. The van der Waals surface area contributed by atoms with Gasteiger partial charge in [0.05, 0.1) is 0 Å². The Morgan fingerprint density at radius 3 is 2.56 bits per heavy atom. The maximum atomic E-state index is 5.38. The van der Waals surface area contributed by atoms with Crippen LogP contribution in [0.2, 0.25) is 0 Å². The van der Waals surface area contributed by atoms with Crippen molar-refractivity contribution in [3.63, 3.8) is 0 Å². The monoisotopic (exact) mass is 123 g/mol. The van der Waals surface area contributed by atoms with Crippen molar-refractivity contribution in [2.75, 3.05) is 0 Å². The van der Waals surface area contributed by atoms with E-state index in [1.807, 2.05) is 0 Å². The highest BCUT2D eigenvalue weighted by Crippen LogP contribution is 1.98. The Kier molecular flexibility index (Phi) is 1.36. The van der Waals surface area contributed by atoms with E-state index in [1.165, 1.54) is 4.92 Å². The van der Waals surface area contributed by atoms with Crippen LogP contribution in [0.3, 0.4) is 0 Å². The Morgan fingerprint density at radius 2 is 2.11 bits per heavy atom. The third-order valence-electron chi connectivity index (χ3n) is 0.930. The number of nitrogens with two attached hydrogens (primary N) is 3. The van der Waals surface area contributed by atoms with Gasteiger partial charge in [-0.25, -0.2) is 0 Å². The molecule has 4 nitrogen and oxygen atoms in total. The van der Waals surface area contributed by atoms with Crippen LogP contribution in [-0.2, 0) is 0 Å². The van der Waals surface area contributed by atoms with Gasteiger partial charge in [-0.2, -0.15) is 0 Å². The smallest absolute Gasteiger partial charge is 0.324 e. The van der Waals surface area contributed by atoms with Gasteiger partial charge >= 0.3 is 7.41 Å². The number of hydrogen-bond acceptors (Lipinski definition) is 4. The van der Waals surface area contributed by atoms with Crippen LogP contribution in [0.4, 0.5) is 0 Å². The summed E-state index contributed by atoms with van der Waals surface area (Å²) in [5, 5.41) is 0. The topological polar surface area (TPSA) is 81.3 Å². The number of hydrazine groups is 1. The van der Waals surface area contributed by atoms with E-state index in [0.29, 0.717) is 11.3 Å². The predicted octanol–water partition coefficient (Wildman–Crippen LogP) is -1.60. The Labute approximate surface area is 54.2 Å². The molecule has 0 unspecified atom stereocenters. The zero-order chi connectivity index (χ0) is 6.85. The van der Waals surface area contributed by atoms with Crippen molar-refractivity contribution in [3.05, 3.63) is 23.6 Å². The molecule has 0 spiro atoms. The van der Waals surface area contributed by atoms with Gasteiger partial charge in [0.1, 0.15) is 0 Å². The molecule has 5 heteroatoms. The second-order valence-corrected chi connectivity index (χ2v) is 1.85. The lowest BCUT2D eigenvalue weighted by molar-refractivity contribution is 0.626. The van der Waals surface area contributed by atoms with Gasteiger partial charge in [-0.15, -0.1) is 0 Å². The summed E-state index contributed by atoms with van der Waals surface area (Å²) >= 11 is 0. The van der Waals surface area contributed by atoms with Crippen LogP contribution in [0.1, 0.15) is 0 Å². The van der Waals surface area contributed by atoms with Crippen LogP contribution in [-0.4, -0.2) is 12.3 Å². The molecule has 0 fully saturated rings. The average Bonchev–Trinajstić information content (AvgIpc) is 1.59. The van der Waals surface area contributed by atoms with E-state index in [0.717, 1.165) is 0 Å². The summed E-state index contributed by atoms with van der Waals surface area (Å²) in [5.41, 5.74) is 11.9. The molecular weight excluding hydrogens is 115 g/mol. The first kappa shape index (κ1) is 6.03. The molecule has 1 radical (unpaired) electrons. The molecule has 0 aromatic rings. The molecule has 1 aliphatic rings. The Morgan fingerprint density at radius 1 is 1.44 bits per heavy atom. The SMILES string of the molecule is NC1=CC(N)=CN(N)[B]1. The zero-order valence-corrected chi connectivity index (χ0v) is 4.91. The van der Waals surface area contributed by atoms with Gasteiger partial charge in [0.2, 0.25) is 0 Å². The third kappa shape index (κ3) is 1.40. The van der Waals surface area contributed by atoms with Gasteiger partial charge in [0, 0.05) is 11.9 Å². The molecule has 0 saturated carbocycles. The number of hydrogen-bond donors (Lipinski definition) is 3. The van der Waals surface area contributed by atoms with E-state index in [4.69, 9.17) is 17.3 Å².